The summed E-state index contributed by atoms with van der Waals surface area (Å²) in [6.45, 7) is 5.37. The predicted molar refractivity (Wildman–Crippen MR) is 49.5 cm³/mol. The van der Waals surface area contributed by atoms with E-state index in [2.05, 4.69) is 12.2 Å². The Labute approximate surface area is 79.3 Å². The summed E-state index contributed by atoms with van der Waals surface area (Å²) in [5, 5.41) is 3.12. The van der Waals surface area contributed by atoms with Gasteiger partial charge in [0.25, 0.3) is 0 Å². The van der Waals surface area contributed by atoms with E-state index in [1.54, 1.807) is 0 Å². The molecule has 0 aliphatic carbocycles. The summed E-state index contributed by atoms with van der Waals surface area (Å²) in [6.07, 6.45) is 0.916. The van der Waals surface area contributed by atoms with Gasteiger partial charge in [0.2, 0.25) is 0 Å². The third kappa shape index (κ3) is 2.99. The van der Waals surface area contributed by atoms with Crippen molar-refractivity contribution in [3.8, 4) is 0 Å². The van der Waals surface area contributed by atoms with Crippen LogP contribution in [-0.4, -0.2) is 25.2 Å². The van der Waals surface area contributed by atoms with Crippen LogP contribution in [0.4, 0.5) is 0 Å². The first-order valence-electron chi connectivity index (χ1n) is 4.14. The Hall–Kier alpha value is -0.280. The molecule has 12 heavy (non-hydrogen) atoms. The molecular weight excluding hydrogens is 178 g/mol. The first-order chi connectivity index (χ1) is 5.24. The number of carbonyl (C=O) groups excluding carboxylic acids is 1. The van der Waals surface area contributed by atoms with E-state index in [0.29, 0.717) is 12.5 Å². The molecule has 72 valence electrons. The number of nitrogens with one attached hydrogen (secondary N) is 1. The second kappa shape index (κ2) is 5.38. The van der Waals surface area contributed by atoms with Crippen LogP contribution in [0.25, 0.3) is 0 Å². The van der Waals surface area contributed by atoms with Gasteiger partial charge in [-0.05, 0) is 25.8 Å². The lowest BCUT2D eigenvalue weighted by molar-refractivity contribution is -0.145. The van der Waals surface area contributed by atoms with E-state index in [1.165, 1.54) is 0 Å². The van der Waals surface area contributed by atoms with Gasteiger partial charge in [0.05, 0.1) is 6.61 Å². The average molecular weight is 194 g/mol. The lowest BCUT2D eigenvalue weighted by Gasteiger charge is -2.07. The highest BCUT2D eigenvalue weighted by atomic mass is 35.5. The zero-order valence-electron chi connectivity index (χ0n) is 7.50. The maximum absolute atomic E-state index is 11.1. The topological polar surface area (TPSA) is 38.3 Å². The molecule has 1 heterocycles. The van der Waals surface area contributed by atoms with Crippen LogP contribution < -0.4 is 5.32 Å². The molecule has 4 heteroatoms. The van der Waals surface area contributed by atoms with Crippen molar-refractivity contribution in [2.75, 3.05) is 13.2 Å². The van der Waals surface area contributed by atoms with Crippen molar-refractivity contribution in [2.45, 2.75) is 26.3 Å². The molecule has 1 aliphatic rings. The van der Waals surface area contributed by atoms with Crippen molar-refractivity contribution in [2.24, 2.45) is 5.92 Å². The average Bonchev–Trinajstić information content (AvgIpc) is 2.36. The second-order valence-electron chi connectivity index (χ2n) is 3.05. The van der Waals surface area contributed by atoms with Crippen LogP contribution in [0.1, 0.15) is 20.3 Å². The molecule has 1 fully saturated rings. The first kappa shape index (κ1) is 11.7. The number of hydrogen-bond donors (Lipinski definition) is 1. The van der Waals surface area contributed by atoms with Gasteiger partial charge in [0.1, 0.15) is 6.04 Å². The molecule has 0 aromatic rings. The first-order valence-corrected chi connectivity index (χ1v) is 4.14. The lowest BCUT2D eigenvalue weighted by atomic mass is 10.1. The van der Waals surface area contributed by atoms with Crippen molar-refractivity contribution < 1.29 is 9.53 Å². The van der Waals surface area contributed by atoms with Gasteiger partial charge in [-0.15, -0.1) is 12.4 Å². The van der Waals surface area contributed by atoms with Crippen LogP contribution in [0.3, 0.4) is 0 Å². The number of carbonyl (C=O) groups is 1. The molecule has 0 bridgehead atoms. The van der Waals surface area contributed by atoms with Gasteiger partial charge >= 0.3 is 5.97 Å². The summed E-state index contributed by atoms with van der Waals surface area (Å²) in [7, 11) is 0. The Morgan fingerprint density at radius 1 is 1.67 bits per heavy atom. The number of esters is 1. The molecule has 0 amide bonds. The van der Waals surface area contributed by atoms with Crippen molar-refractivity contribution in [1.82, 2.24) is 5.32 Å². The van der Waals surface area contributed by atoms with Crippen LogP contribution in [-0.2, 0) is 9.53 Å². The minimum Gasteiger partial charge on any atom is -0.465 e. The smallest absolute Gasteiger partial charge is 0.323 e. The van der Waals surface area contributed by atoms with Gasteiger partial charge in [-0.25, -0.2) is 0 Å². The van der Waals surface area contributed by atoms with Crippen LogP contribution >= 0.6 is 12.4 Å². The molecule has 0 radical (unpaired) electrons. The highest BCUT2D eigenvalue weighted by Gasteiger charge is 2.27. The Bertz CT molecular complexity index is 152. The standard InChI is InChI=1S/C8H15NO2.ClH/c1-3-11-8(10)7-4-6(2)5-9-7;/h6-7,9H,3-5H2,1-2H3;1H/t6?,7-;/m0./s1. The zero-order valence-corrected chi connectivity index (χ0v) is 8.32. The molecule has 3 nitrogen and oxygen atoms in total. The Morgan fingerprint density at radius 3 is 2.75 bits per heavy atom. The third-order valence-corrected chi connectivity index (χ3v) is 1.92. The lowest BCUT2D eigenvalue weighted by Crippen LogP contribution is -2.32. The third-order valence-electron chi connectivity index (χ3n) is 1.92. The van der Waals surface area contributed by atoms with E-state index >= 15 is 0 Å². The molecule has 0 aromatic carbocycles. The van der Waals surface area contributed by atoms with E-state index in [0.717, 1.165) is 13.0 Å². The fourth-order valence-corrected chi connectivity index (χ4v) is 1.33. The van der Waals surface area contributed by atoms with Gasteiger partial charge < -0.3 is 10.1 Å². The van der Waals surface area contributed by atoms with E-state index in [1.807, 2.05) is 6.92 Å². The highest BCUT2D eigenvalue weighted by molar-refractivity contribution is 5.85. The van der Waals surface area contributed by atoms with Crippen molar-refractivity contribution in [3.63, 3.8) is 0 Å². The molecular formula is C8H16ClNO2. The van der Waals surface area contributed by atoms with Crippen molar-refractivity contribution in [1.29, 1.82) is 0 Å². The summed E-state index contributed by atoms with van der Waals surface area (Å²) in [5.41, 5.74) is 0. The van der Waals surface area contributed by atoms with E-state index in [9.17, 15) is 4.79 Å². The summed E-state index contributed by atoms with van der Waals surface area (Å²) in [4.78, 5) is 11.1. The molecule has 1 unspecified atom stereocenters. The Morgan fingerprint density at radius 2 is 2.33 bits per heavy atom. The normalized spacial score (nSPS) is 27.8. The fourth-order valence-electron chi connectivity index (χ4n) is 1.33. The molecule has 0 spiro atoms. The van der Waals surface area contributed by atoms with Gasteiger partial charge in [-0.3, -0.25) is 4.79 Å². The molecule has 2 atom stereocenters. The minimum absolute atomic E-state index is 0. The Balaban J connectivity index is 0.00000121. The molecule has 1 N–H and O–H groups in total. The van der Waals surface area contributed by atoms with Gasteiger partial charge in [-0.1, -0.05) is 6.92 Å². The summed E-state index contributed by atoms with van der Waals surface area (Å²) >= 11 is 0. The van der Waals surface area contributed by atoms with Crippen molar-refractivity contribution >= 4 is 18.4 Å². The zero-order chi connectivity index (χ0) is 8.27. The maximum atomic E-state index is 11.1. The summed E-state index contributed by atoms with van der Waals surface area (Å²) in [6, 6.07) is -0.0510. The largest absolute Gasteiger partial charge is 0.465 e. The Kier molecular flexibility index (Phi) is 5.25. The van der Waals surface area contributed by atoms with Crippen molar-refractivity contribution in [3.05, 3.63) is 0 Å². The highest BCUT2D eigenvalue weighted by Crippen LogP contribution is 2.13. The van der Waals surface area contributed by atoms with Crippen LogP contribution in [0, 0.1) is 5.92 Å². The SMILES string of the molecule is CCOC(=O)[C@@H]1CC(C)CN1.Cl. The van der Waals surface area contributed by atoms with Gasteiger partial charge in [0, 0.05) is 0 Å². The molecule has 0 saturated carbocycles. The van der Waals surface area contributed by atoms with E-state index in [-0.39, 0.29) is 24.4 Å². The quantitative estimate of drug-likeness (QED) is 0.665. The molecule has 1 aliphatic heterocycles. The van der Waals surface area contributed by atoms with Crippen LogP contribution in [0.15, 0.2) is 0 Å². The van der Waals surface area contributed by atoms with E-state index in [4.69, 9.17) is 4.74 Å². The van der Waals surface area contributed by atoms with Gasteiger partial charge in [-0.2, -0.15) is 0 Å². The molecule has 1 rings (SSSR count). The summed E-state index contributed by atoms with van der Waals surface area (Å²) < 4.78 is 4.87. The maximum Gasteiger partial charge on any atom is 0.323 e. The summed E-state index contributed by atoms with van der Waals surface area (Å²) in [5.74, 6) is 0.501. The monoisotopic (exact) mass is 193 g/mol. The fraction of sp³-hybridized carbons (Fsp3) is 0.875. The van der Waals surface area contributed by atoms with Crippen LogP contribution in [0.2, 0.25) is 0 Å². The number of hydrogen-bond acceptors (Lipinski definition) is 3. The molecule has 0 aromatic heterocycles. The number of ether oxygens (including phenoxy) is 1. The van der Waals surface area contributed by atoms with E-state index < -0.39 is 0 Å². The number of halogens is 1. The second-order valence-corrected chi connectivity index (χ2v) is 3.05. The number of rotatable bonds is 2. The minimum atomic E-state index is -0.100. The van der Waals surface area contributed by atoms with Crippen LogP contribution in [0.5, 0.6) is 0 Å². The predicted octanol–water partition coefficient (Wildman–Crippen LogP) is 0.969. The molecule has 1 saturated heterocycles. The van der Waals surface area contributed by atoms with Gasteiger partial charge in [0.15, 0.2) is 0 Å².